The third kappa shape index (κ3) is 1.71. The van der Waals surface area contributed by atoms with E-state index in [2.05, 4.69) is 68.6 Å². The Bertz CT molecular complexity index is 687. The first-order valence-corrected chi connectivity index (χ1v) is 7.69. The van der Waals surface area contributed by atoms with Crippen LogP contribution in [-0.2, 0) is 5.41 Å². The molecule has 0 saturated heterocycles. The van der Waals surface area contributed by atoms with E-state index in [1.54, 1.807) is 0 Å². The molecule has 3 rings (SSSR count). The zero-order valence-electron chi connectivity index (χ0n) is 12.4. The van der Waals surface area contributed by atoms with Gasteiger partial charge in [0.25, 0.3) is 0 Å². The summed E-state index contributed by atoms with van der Waals surface area (Å²) >= 11 is 4.75. The van der Waals surface area contributed by atoms with Gasteiger partial charge in [0.05, 0.1) is 5.37 Å². The van der Waals surface area contributed by atoms with Crippen LogP contribution in [0.4, 0.5) is 5.69 Å². The first-order chi connectivity index (χ1) is 9.48. The average molecular weight is 283 g/mol. The summed E-state index contributed by atoms with van der Waals surface area (Å²) in [5.41, 5.74) is 3.74. The second-order valence-corrected chi connectivity index (χ2v) is 6.61. The monoisotopic (exact) mass is 283 g/mol. The van der Waals surface area contributed by atoms with Gasteiger partial charge < -0.3 is 4.90 Å². The molecule has 1 heterocycles. The minimum absolute atomic E-state index is 0.0493. The van der Waals surface area contributed by atoms with Crippen LogP contribution in [-0.4, -0.2) is 5.37 Å². The van der Waals surface area contributed by atoms with Crippen molar-refractivity contribution in [3.63, 3.8) is 0 Å². The Balaban J connectivity index is 2.33. The van der Waals surface area contributed by atoms with Gasteiger partial charge in [-0.1, -0.05) is 57.7 Å². The van der Waals surface area contributed by atoms with Gasteiger partial charge in [-0.15, -0.1) is 0 Å². The molecular weight excluding hydrogens is 262 g/mol. The third-order valence-electron chi connectivity index (χ3n) is 4.47. The van der Waals surface area contributed by atoms with Crippen molar-refractivity contribution in [3.05, 3.63) is 54.2 Å². The second-order valence-electron chi connectivity index (χ2n) is 6.01. The summed E-state index contributed by atoms with van der Waals surface area (Å²) in [6, 6.07) is 13.0. The molecule has 2 aromatic carbocycles. The minimum Gasteiger partial charge on any atom is -0.332 e. The predicted octanol–water partition coefficient (Wildman–Crippen LogP) is 5.12. The van der Waals surface area contributed by atoms with E-state index >= 15 is 0 Å². The number of hydrogen-bond acceptors (Lipinski definition) is 2. The molecule has 0 saturated carbocycles. The number of anilines is 1. The molecule has 1 nitrogen and oxygen atoms in total. The van der Waals surface area contributed by atoms with Crippen LogP contribution in [0.15, 0.2) is 48.7 Å². The van der Waals surface area contributed by atoms with Gasteiger partial charge in [-0.05, 0) is 28.8 Å². The summed E-state index contributed by atoms with van der Waals surface area (Å²) in [5, 5.41) is 2.81. The Labute approximate surface area is 126 Å². The molecule has 2 aromatic rings. The van der Waals surface area contributed by atoms with Crippen LogP contribution >= 0.6 is 12.6 Å². The highest BCUT2D eigenvalue weighted by molar-refractivity contribution is 7.81. The molecule has 0 aromatic heterocycles. The Morgan fingerprint density at radius 2 is 1.90 bits per heavy atom. The van der Waals surface area contributed by atoms with Crippen molar-refractivity contribution < 1.29 is 0 Å². The van der Waals surface area contributed by atoms with Crippen molar-refractivity contribution >= 4 is 29.1 Å². The molecule has 0 bridgehead atoms. The number of rotatable bonds is 2. The van der Waals surface area contributed by atoms with Gasteiger partial charge in [-0.3, -0.25) is 0 Å². The Morgan fingerprint density at radius 1 is 1.20 bits per heavy atom. The molecule has 0 radical (unpaired) electrons. The molecule has 1 aliphatic rings. The number of fused-ring (bicyclic) bond motifs is 3. The predicted molar refractivity (Wildman–Crippen MR) is 91.7 cm³/mol. The third-order valence-corrected chi connectivity index (χ3v) is 5.06. The van der Waals surface area contributed by atoms with E-state index in [0.717, 1.165) is 12.1 Å². The molecule has 1 aliphatic heterocycles. The zero-order chi connectivity index (χ0) is 14.5. The molecule has 0 aliphatic carbocycles. The maximum absolute atomic E-state index is 4.75. The quantitative estimate of drug-likeness (QED) is 0.749. The Hall–Kier alpha value is -1.41. The number of nitrogens with zero attached hydrogens (tertiary/aromatic N) is 1. The summed E-state index contributed by atoms with van der Waals surface area (Å²) in [7, 11) is 0. The Kier molecular flexibility index (Phi) is 3.09. The molecule has 0 fully saturated rings. The highest BCUT2D eigenvalue weighted by Gasteiger charge is 2.41. The first kappa shape index (κ1) is 13.6. The first-order valence-electron chi connectivity index (χ1n) is 7.17. The lowest BCUT2D eigenvalue weighted by Gasteiger charge is -2.30. The van der Waals surface area contributed by atoms with Gasteiger partial charge in [-0.25, -0.2) is 0 Å². The smallest absolute Gasteiger partial charge is 0.0764 e. The van der Waals surface area contributed by atoms with Crippen molar-refractivity contribution in [2.24, 2.45) is 0 Å². The van der Waals surface area contributed by atoms with Crippen LogP contribution in [0.3, 0.4) is 0 Å². The van der Waals surface area contributed by atoms with Crippen LogP contribution in [0.5, 0.6) is 0 Å². The topological polar surface area (TPSA) is 3.24 Å². The molecule has 0 amide bonds. The van der Waals surface area contributed by atoms with Crippen LogP contribution < -0.4 is 4.90 Å². The summed E-state index contributed by atoms with van der Waals surface area (Å²) in [5.74, 6) is 0. The molecule has 1 atom stereocenters. The molecule has 0 spiro atoms. The number of thiol groups is 1. The molecular formula is C18H21NS. The standard InChI is InChI=1S/C18H21NS/c1-5-16(20)19-12(2)18(3,4)17-14-9-7-6-8-13(14)10-11-15(17)19/h6-11,16,20H,2,5H2,1,3-4H3. The fourth-order valence-corrected chi connectivity index (χ4v) is 3.50. The maximum Gasteiger partial charge on any atom is 0.0764 e. The lowest BCUT2D eigenvalue weighted by atomic mass is 9.82. The van der Waals surface area contributed by atoms with Gasteiger partial charge in [0.2, 0.25) is 0 Å². The number of allylic oxidation sites excluding steroid dienone is 1. The summed E-state index contributed by atoms with van der Waals surface area (Å²) < 4.78 is 0. The average Bonchev–Trinajstić information content (AvgIpc) is 2.66. The minimum atomic E-state index is -0.0493. The molecule has 0 N–H and O–H groups in total. The van der Waals surface area contributed by atoms with Crippen molar-refractivity contribution in [1.29, 1.82) is 0 Å². The van der Waals surface area contributed by atoms with E-state index in [-0.39, 0.29) is 10.8 Å². The van der Waals surface area contributed by atoms with E-state index in [0.29, 0.717) is 0 Å². The maximum atomic E-state index is 4.75. The van der Waals surface area contributed by atoms with Gasteiger partial charge in [-0.2, -0.15) is 12.6 Å². The Morgan fingerprint density at radius 3 is 2.60 bits per heavy atom. The van der Waals surface area contributed by atoms with Crippen molar-refractivity contribution in [3.8, 4) is 0 Å². The summed E-state index contributed by atoms with van der Waals surface area (Å²) in [6.45, 7) is 11.0. The highest BCUT2D eigenvalue weighted by atomic mass is 32.1. The van der Waals surface area contributed by atoms with E-state index < -0.39 is 0 Å². The van der Waals surface area contributed by atoms with Gasteiger partial charge in [0.1, 0.15) is 0 Å². The highest BCUT2D eigenvalue weighted by Crippen LogP contribution is 2.51. The molecule has 104 valence electrons. The van der Waals surface area contributed by atoms with E-state index in [9.17, 15) is 0 Å². The SMILES string of the molecule is C=C1N(C(S)CC)c2ccc3ccccc3c2C1(C)C. The summed E-state index contributed by atoms with van der Waals surface area (Å²) in [6.07, 6.45) is 0.991. The fourth-order valence-electron chi connectivity index (χ4n) is 3.23. The van der Waals surface area contributed by atoms with Crippen LogP contribution in [0.25, 0.3) is 10.8 Å². The number of hydrogen-bond donors (Lipinski definition) is 1. The van der Waals surface area contributed by atoms with Crippen LogP contribution in [0.1, 0.15) is 32.8 Å². The second kappa shape index (κ2) is 4.56. The zero-order valence-corrected chi connectivity index (χ0v) is 13.2. The van der Waals surface area contributed by atoms with Crippen LogP contribution in [0, 0.1) is 0 Å². The van der Waals surface area contributed by atoms with E-state index in [1.165, 1.54) is 22.0 Å². The fraction of sp³-hybridized carbons (Fsp3) is 0.333. The van der Waals surface area contributed by atoms with Crippen molar-refractivity contribution in [1.82, 2.24) is 0 Å². The van der Waals surface area contributed by atoms with Crippen LogP contribution in [0.2, 0.25) is 0 Å². The molecule has 2 heteroatoms. The largest absolute Gasteiger partial charge is 0.332 e. The van der Waals surface area contributed by atoms with Crippen molar-refractivity contribution in [2.45, 2.75) is 38.0 Å². The molecule has 20 heavy (non-hydrogen) atoms. The lowest BCUT2D eigenvalue weighted by Crippen LogP contribution is -2.31. The van der Waals surface area contributed by atoms with E-state index in [1.807, 2.05) is 0 Å². The summed E-state index contributed by atoms with van der Waals surface area (Å²) in [4.78, 5) is 2.30. The van der Waals surface area contributed by atoms with Crippen molar-refractivity contribution in [2.75, 3.05) is 4.90 Å². The lowest BCUT2D eigenvalue weighted by molar-refractivity contribution is 0.629. The van der Waals surface area contributed by atoms with E-state index in [4.69, 9.17) is 12.6 Å². The normalized spacial score (nSPS) is 18.4. The van der Waals surface area contributed by atoms with Gasteiger partial charge >= 0.3 is 0 Å². The van der Waals surface area contributed by atoms with Gasteiger partial charge in [0, 0.05) is 16.8 Å². The molecule has 1 unspecified atom stereocenters. The number of benzene rings is 2. The van der Waals surface area contributed by atoms with Gasteiger partial charge in [0.15, 0.2) is 0 Å².